The largest absolute Gasteiger partial charge is 0.459 e. The van der Waals surface area contributed by atoms with Crippen LogP contribution in [0.2, 0.25) is 0 Å². The van der Waals surface area contributed by atoms with Crippen LogP contribution in [0.1, 0.15) is 72.2 Å². The zero-order chi connectivity index (χ0) is 28.6. The van der Waals surface area contributed by atoms with E-state index in [4.69, 9.17) is 18.9 Å². The quantitative estimate of drug-likeness (QED) is 0.395. The second kappa shape index (κ2) is 10.8. The molecule has 38 heavy (non-hydrogen) atoms. The predicted octanol–water partition coefficient (Wildman–Crippen LogP) is 3.50. The van der Waals surface area contributed by atoms with Crippen molar-refractivity contribution >= 4 is 23.7 Å². The summed E-state index contributed by atoms with van der Waals surface area (Å²) in [6, 6.07) is 8.38. The SMILES string of the molecule is CC(=O)O[C@@H](C(=O)[C@@]1(C)C([C@@H](C)OC(=O)c2ccccc2)[C@]2(OC(C)=O)COC2C[C@@H]1O)C(C)C(C)(C)C. The van der Waals surface area contributed by atoms with Crippen molar-refractivity contribution in [2.75, 3.05) is 6.61 Å². The van der Waals surface area contributed by atoms with Gasteiger partial charge in [-0.25, -0.2) is 4.79 Å². The standard InChI is InChI=1S/C29H40O9/c1-16(27(5,6)7)23(37-18(3)30)25(33)28(8)21(32)14-22-29(15-35-22,38-19(4)31)24(28)17(2)36-26(34)20-12-10-9-11-13-20/h9-13,16-17,21-24,32H,14-15H2,1-8H3/t16?,17-,21+,22?,23-,24?,28-,29+/m1/s1. The van der Waals surface area contributed by atoms with Gasteiger partial charge < -0.3 is 24.1 Å². The summed E-state index contributed by atoms with van der Waals surface area (Å²) in [5.41, 5.74) is -3.06. The summed E-state index contributed by atoms with van der Waals surface area (Å²) in [6.07, 6.45) is -4.12. The average molecular weight is 533 g/mol. The van der Waals surface area contributed by atoms with Gasteiger partial charge in [-0.1, -0.05) is 45.9 Å². The highest BCUT2D eigenvalue weighted by molar-refractivity contribution is 5.92. The third-order valence-electron chi connectivity index (χ3n) is 8.37. The van der Waals surface area contributed by atoms with Gasteiger partial charge in [0.1, 0.15) is 12.2 Å². The second-order valence-corrected chi connectivity index (χ2v) is 11.9. The van der Waals surface area contributed by atoms with Crippen LogP contribution in [0, 0.1) is 22.7 Å². The molecule has 9 heteroatoms. The first-order chi connectivity index (χ1) is 17.6. The maximum absolute atomic E-state index is 14.5. The van der Waals surface area contributed by atoms with Crippen LogP contribution in [0.4, 0.5) is 0 Å². The number of esters is 3. The topological polar surface area (TPSA) is 125 Å². The molecule has 9 nitrogen and oxygen atoms in total. The van der Waals surface area contributed by atoms with Gasteiger partial charge in [0.15, 0.2) is 17.5 Å². The van der Waals surface area contributed by atoms with E-state index >= 15 is 0 Å². The van der Waals surface area contributed by atoms with E-state index < -0.39 is 76.4 Å². The van der Waals surface area contributed by atoms with Crippen LogP contribution in [0.5, 0.6) is 0 Å². The number of fused-ring (bicyclic) bond motifs is 1. The van der Waals surface area contributed by atoms with E-state index in [2.05, 4.69) is 0 Å². The van der Waals surface area contributed by atoms with Crippen LogP contribution in [0.3, 0.4) is 0 Å². The van der Waals surface area contributed by atoms with Gasteiger partial charge in [-0.3, -0.25) is 14.4 Å². The maximum Gasteiger partial charge on any atom is 0.338 e. The molecule has 210 valence electrons. The van der Waals surface area contributed by atoms with Crippen LogP contribution in [0.25, 0.3) is 0 Å². The average Bonchev–Trinajstić information content (AvgIpc) is 2.82. The Bertz CT molecular complexity index is 1060. The number of carbonyl (C=O) groups excluding carboxylic acids is 4. The van der Waals surface area contributed by atoms with Crippen molar-refractivity contribution in [1.29, 1.82) is 0 Å². The van der Waals surface area contributed by atoms with Crippen LogP contribution in [0.15, 0.2) is 30.3 Å². The molecule has 2 fully saturated rings. The smallest absolute Gasteiger partial charge is 0.338 e. The van der Waals surface area contributed by atoms with E-state index in [9.17, 15) is 24.3 Å². The van der Waals surface area contributed by atoms with Crippen molar-refractivity contribution in [3.63, 3.8) is 0 Å². The second-order valence-electron chi connectivity index (χ2n) is 11.9. The minimum absolute atomic E-state index is 0.0159. The van der Waals surface area contributed by atoms with Crippen molar-refractivity contribution in [2.45, 2.75) is 91.8 Å². The first-order valence-corrected chi connectivity index (χ1v) is 13.0. The minimum atomic E-state index is -1.62. The highest BCUT2D eigenvalue weighted by Crippen LogP contribution is 2.57. The molecule has 0 aromatic heterocycles. The summed E-state index contributed by atoms with van der Waals surface area (Å²) in [4.78, 5) is 51.9. The number of ketones is 1. The van der Waals surface area contributed by atoms with Gasteiger partial charge in [0, 0.05) is 26.2 Å². The first kappa shape index (κ1) is 29.8. The Balaban J connectivity index is 2.13. The molecule has 1 saturated heterocycles. The molecular weight excluding hydrogens is 492 g/mol. The van der Waals surface area contributed by atoms with E-state index in [1.54, 1.807) is 44.2 Å². The maximum atomic E-state index is 14.5. The zero-order valence-electron chi connectivity index (χ0n) is 23.5. The van der Waals surface area contributed by atoms with Gasteiger partial charge in [0.25, 0.3) is 0 Å². The fraction of sp³-hybridized carbons (Fsp3) is 0.655. The fourth-order valence-electron chi connectivity index (χ4n) is 5.92. The number of aliphatic hydroxyl groups is 1. The molecule has 1 saturated carbocycles. The van der Waals surface area contributed by atoms with Crippen molar-refractivity contribution < 1.29 is 43.2 Å². The van der Waals surface area contributed by atoms with E-state index in [1.165, 1.54) is 13.8 Å². The molecular formula is C29H40O9. The Kier molecular flexibility index (Phi) is 8.44. The Morgan fingerprint density at radius 2 is 1.63 bits per heavy atom. The molecule has 1 heterocycles. The van der Waals surface area contributed by atoms with Crippen LogP contribution >= 0.6 is 0 Å². The van der Waals surface area contributed by atoms with Crippen molar-refractivity contribution in [3.8, 4) is 0 Å². The van der Waals surface area contributed by atoms with Gasteiger partial charge in [-0.15, -0.1) is 0 Å². The van der Waals surface area contributed by atoms with Crippen LogP contribution in [-0.2, 0) is 33.3 Å². The molecule has 1 aliphatic carbocycles. The molecule has 2 aliphatic rings. The molecule has 0 amide bonds. The lowest BCUT2D eigenvalue weighted by Gasteiger charge is -2.62. The molecule has 1 aromatic carbocycles. The van der Waals surface area contributed by atoms with Gasteiger partial charge >= 0.3 is 17.9 Å². The lowest BCUT2D eigenvalue weighted by Crippen LogP contribution is -2.77. The summed E-state index contributed by atoms with van der Waals surface area (Å²) in [5.74, 6) is -3.78. The van der Waals surface area contributed by atoms with E-state index in [-0.39, 0.29) is 13.0 Å². The van der Waals surface area contributed by atoms with Gasteiger partial charge in [0.05, 0.1) is 29.6 Å². The zero-order valence-corrected chi connectivity index (χ0v) is 23.5. The first-order valence-electron chi connectivity index (χ1n) is 13.0. The predicted molar refractivity (Wildman–Crippen MR) is 137 cm³/mol. The van der Waals surface area contributed by atoms with E-state index in [0.717, 1.165) is 0 Å². The van der Waals surface area contributed by atoms with Crippen LogP contribution < -0.4 is 0 Å². The number of hydrogen-bond donors (Lipinski definition) is 1. The number of aliphatic hydroxyl groups excluding tert-OH is 1. The highest BCUT2D eigenvalue weighted by Gasteiger charge is 2.72. The molecule has 0 radical (unpaired) electrons. The Morgan fingerprint density at radius 3 is 2.11 bits per heavy atom. The third kappa shape index (κ3) is 5.36. The van der Waals surface area contributed by atoms with Crippen LogP contribution in [-0.4, -0.2) is 65.4 Å². The molecule has 1 N–H and O–H groups in total. The fourth-order valence-corrected chi connectivity index (χ4v) is 5.92. The molecule has 0 spiro atoms. The summed E-state index contributed by atoms with van der Waals surface area (Å²) in [7, 11) is 0. The number of Topliss-reactive ketones (excluding diaryl/α,β-unsaturated/α-hetero) is 1. The molecule has 0 bridgehead atoms. The number of rotatable bonds is 8. The number of hydrogen-bond acceptors (Lipinski definition) is 9. The normalized spacial score (nSPS) is 31.0. The molecule has 1 aromatic rings. The lowest BCUT2D eigenvalue weighted by molar-refractivity contribution is -0.328. The third-order valence-corrected chi connectivity index (χ3v) is 8.37. The number of carbonyl (C=O) groups is 4. The summed E-state index contributed by atoms with van der Waals surface area (Å²) in [5, 5.41) is 11.5. The van der Waals surface area contributed by atoms with Gasteiger partial charge in [-0.2, -0.15) is 0 Å². The van der Waals surface area contributed by atoms with Crippen molar-refractivity contribution in [1.82, 2.24) is 0 Å². The summed E-state index contributed by atoms with van der Waals surface area (Å²) in [6.45, 7) is 13.2. The van der Waals surface area contributed by atoms with E-state index in [0.29, 0.717) is 5.56 Å². The van der Waals surface area contributed by atoms with E-state index in [1.807, 2.05) is 27.7 Å². The van der Waals surface area contributed by atoms with Gasteiger partial charge in [-0.05, 0) is 31.4 Å². The number of ether oxygens (including phenoxy) is 4. The summed E-state index contributed by atoms with van der Waals surface area (Å²) >= 11 is 0. The lowest BCUT2D eigenvalue weighted by atomic mass is 9.51. The van der Waals surface area contributed by atoms with Crippen molar-refractivity contribution in [2.24, 2.45) is 22.7 Å². The van der Waals surface area contributed by atoms with Gasteiger partial charge in [0.2, 0.25) is 0 Å². The molecule has 3 rings (SSSR count). The minimum Gasteiger partial charge on any atom is -0.459 e. The monoisotopic (exact) mass is 532 g/mol. The number of benzene rings is 1. The Hall–Kier alpha value is -2.78. The molecule has 1 aliphatic heterocycles. The Labute approximate surface area is 224 Å². The summed E-state index contributed by atoms with van der Waals surface area (Å²) < 4.78 is 23.0. The Morgan fingerprint density at radius 1 is 1.03 bits per heavy atom. The highest BCUT2D eigenvalue weighted by atomic mass is 16.6. The van der Waals surface area contributed by atoms with Crippen molar-refractivity contribution in [3.05, 3.63) is 35.9 Å². The molecule has 8 atom stereocenters. The molecule has 3 unspecified atom stereocenters.